The lowest BCUT2D eigenvalue weighted by Crippen LogP contribution is -2.21. The predicted octanol–water partition coefficient (Wildman–Crippen LogP) is 4.29. The molecule has 0 bridgehead atoms. The number of hydrogen-bond donors (Lipinski definition) is 0. The Balaban J connectivity index is 2.40. The summed E-state index contributed by atoms with van der Waals surface area (Å²) < 4.78 is 0. The van der Waals surface area contributed by atoms with Crippen LogP contribution in [-0.2, 0) is 4.79 Å². The van der Waals surface area contributed by atoms with Crippen molar-refractivity contribution in [1.82, 2.24) is 0 Å². The number of carbonyl (C=O) groups is 1. The van der Waals surface area contributed by atoms with E-state index in [9.17, 15) is 4.79 Å². The van der Waals surface area contributed by atoms with Gasteiger partial charge in [-0.15, -0.1) is 0 Å². The largest absolute Gasteiger partial charge is 0.300 e. The molecule has 0 spiro atoms. The number of hydrogen-bond acceptors (Lipinski definition) is 1. The van der Waals surface area contributed by atoms with Crippen molar-refractivity contribution >= 4 is 5.78 Å². The first kappa shape index (κ1) is 13.2. The van der Waals surface area contributed by atoms with Crippen LogP contribution in [0, 0.1) is 11.8 Å². The molecule has 1 rings (SSSR count). The van der Waals surface area contributed by atoms with Crippen LogP contribution in [0.15, 0.2) is 24.3 Å². The Bertz CT molecular complexity index is 263. The topological polar surface area (TPSA) is 17.1 Å². The fraction of sp³-hybridized carbons (Fsp3) is 0.667. The summed E-state index contributed by atoms with van der Waals surface area (Å²) >= 11 is 0. The Morgan fingerprint density at radius 1 is 1.44 bits per heavy atom. The van der Waals surface area contributed by atoms with Gasteiger partial charge in [0.05, 0.1) is 0 Å². The molecule has 1 aliphatic carbocycles. The Kier molecular flexibility index (Phi) is 6.14. The highest BCUT2D eigenvalue weighted by atomic mass is 16.1. The highest BCUT2D eigenvalue weighted by molar-refractivity contribution is 5.79. The molecule has 0 amide bonds. The molecule has 1 heteroatoms. The molecule has 90 valence electrons. The van der Waals surface area contributed by atoms with E-state index >= 15 is 0 Å². The minimum absolute atomic E-state index is 0.229. The van der Waals surface area contributed by atoms with Gasteiger partial charge in [-0.3, -0.25) is 4.79 Å². The summed E-state index contributed by atoms with van der Waals surface area (Å²) in [6.07, 6.45) is 16.0. The summed E-state index contributed by atoms with van der Waals surface area (Å²) in [5.41, 5.74) is 0. The van der Waals surface area contributed by atoms with Crippen molar-refractivity contribution in [2.75, 3.05) is 0 Å². The predicted molar refractivity (Wildman–Crippen MR) is 69.3 cm³/mol. The van der Waals surface area contributed by atoms with Crippen LogP contribution >= 0.6 is 0 Å². The van der Waals surface area contributed by atoms with Crippen molar-refractivity contribution in [2.24, 2.45) is 11.8 Å². The second-order valence-corrected chi connectivity index (χ2v) is 4.72. The standard InChI is InChI=1S/C15H24O/c1-3-4-5-6-7-10-14-11-8-9-12-15(14)13(2)16/h7-8,10-11,14-15H,3-6,9,12H2,1-2H3. The molecule has 0 aromatic heterocycles. The Morgan fingerprint density at radius 3 is 2.94 bits per heavy atom. The monoisotopic (exact) mass is 220 g/mol. The van der Waals surface area contributed by atoms with Crippen LogP contribution in [0.3, 0.4) is 0 Å². The van der Waals surface area contributed by atoms with Gasteiger partial charge in [-0.2, -0.15) is 0 Å². The van der Waals surface area contributed by atoms with Gasteiger partial charge in [-0.1, -0.05) is 44.1 Å². The molecule has 0 aliphatic heterocycles. The maximum Gasteiger partial charge on any atom is 0.133 e. The normalized spacial score (nSPS) is 25.1. The fourth-order valence-corrected chi connectivity index (χ4v) is 2.29. The molecule has 0 radical (unpaired) electrons. The third kappa shape index (κ3) is 4.34. The van der Waals surface area contributed by atoms with E-state index in [1.165, 1.54) is 19.3 Å². The lowest BCUT2D eigenvalue weighted by atomic mass is 9.81. The molecule has 1 aliphatic rings. The SMILES string of the molecule is CCCCCC=CC1C=CCCC1C(C)=O. The molecular formula is C15H24O. The molecule has 0 saturated heterocycles. The Labute approximate surface area is 99.6 Å². The van der Waals surface area contributed by atoms with Gasteiger partial charge in [-0.25, -0.2) is 0 Å². The zero-order valence-corrected chi connectivity index (χ0v) is 10.6. The summed E-state index contributed by atoms with van der Waals surface area (Å²) in [5.74, 6) is 0.924. The van der Waals surface area contributed by atoms with Crippen molar-refractivity contribution in [3.8, 4) is 0 Å². The van der Waals surface area contributed by atoms with Gasteiger partial charge in [0, 0.05) is 11.8 Å². The van der Waals surface area contributed by atoms with Gasteiger partial charge in [-0.05, 0) is 32.6 Å². The lowest BCUT2D eigenvalue weighted by Gasteiger charge is -2.22. The molecule has 0 aromatic carbocycles. The average Bonchev–Trinajstić information content (AvgIpc) is 2.29. The first-order valence-electron chi connectivity index (χ1n) is 6.59. The Morgan fingerprint density at radius 2 is 2.25 bits per heavy atom. The summed E-state index contributed by atoms with van der Waals surface area (Å²) in [7, 11) is 0. The molecule has 2 unspecified atom stereocenters. The van der Waals surface area contributed by atoms with Crippen molar-refractivity contribution in [1.29, 1.82) is 0 Å². The lowest BCUT2D eigenvalue weighted by molar-refractivity contribution is -0.121. The van der Waals surface area contributed by atoms with E-state index in [2.05, 4.69) is 31.2 Å². The van der Waals surface area contributed by atoms with Crippen LogP contribution in [0.1, 0.15) is 52.4 Å². The van der Waals surface area contributed by atoms with Crippen molar-refractivity contribution in [2.45, 2.75) is 52.4 Å². The van der Waals surface area contributed by atoms with Gasteiger partial charge in [0.2, 0.25) is 0 Å². The number of allylic oxidation sites excluding steroid dienone is 4. The molecule has 0 N–H and O–H groups in total. The summed E-state index contributed by atoms with van der Waals surface area (Å²) in [6, 6.07) is 0. The quantitative estimate of drug-likeness (QED) is 0.482. The molecule has 0 saturated carbocycles. The van der Waals surface area contributed by atoms with E-state index in [4.69, 9.17) is 0 Å². The zero-order chi connectivity index (χ0) is 11.8. The first-order chi connectivity index (χ1) is 7.75. The smallest absolute Gasteiger partial charge is 0.133 e. The van der Waals surface area contributed by atoms with E-state index in [0.29, 0.717) is 11.7 Å². The molecule has 16 heavy (non-hydrogen) atoms. The van der Waals surface area contributed by atoms with E-state index in [1.807, 2.05) is 0 Å². The summed E-state index contributed by atoms with van der Waals surface area (Å²) in [6.45, 7) is 3.95. The number of Topliss-reactive ketones (excluding diaryl/α,β-unsaturated/α-hetero) is 1. The molecule has 0 aromatic rings. The fourth-order valence-electron chi connectivity index (χ4n) is 2.29. The molecule has 0 heterocycles. The Hall–Kier alpha value is -0.850. The third-order valence-corrected chi connectivity index (χ3v) is 3.32. The van der Waals surface area contributed by atoms with E-state index in [1.54, 1.807) is 6.92 Å². The highest BCUT2D eigenvalue weighted by Crippen LogP contribution is 2.26. The third-order valence-electron chi connectivity index (χ3n) is 3.32. The van der Waals surface area contributed by atoms with Crippen LogP contribution in [0.4, 0.5) is 0 Å². The molecule has 1 nitrogen and oxygen atoms in total. The zero-order valence-electron chi connectivity index (χ0n) is 10.6. The van der Waals surface area contributed by atoms with Crippen LogP contribution < -0.4 is 0 Å². The van der Waals surface area contributed by atoms with Gasteiger partial charge in [0.15, 0.2) is 0 Å². The maximum atomic E-state index is 11.5. The number of ketones is 1. The van der Waals surface area contributed by atoms with E-state index in [-0.39, 0.29) is 5.92 Å². The van der Waals surface area contributed by atoms with Gasteiger partial charge >= 0.3 is 0 Å². The first-order valence-corrected chi connectivity index (χ1v) is 6.59. The number of carbonyl (C=O) groups excluding carboxylic acids is 1. The molecular weight excluding hydrogens is 196 g/mol. The van der Waals surface area contributed by atoms with Crippen LogP contribution in [-0.4, -0.2) is 5.78 Å². The van der Waals surface area contributed by atoms with Gasteiger partial charge in [0.25, 0.3) is 0 Å². The maximum absolute atomic E-state index is 11.5. The van der Waals surface area contributed by atoms with Crippen molar-refractivity contribution < 1.29 is 4.79 Å². The number of rotatable bonds is 6. The van der Waals surface area contributed by atoms with Crippen molar-refractivity contribution in [3.05, 3.63) is 24.3 Å². The highest BCUT2D eigenvalue weighted by Gasteiger charge is 2.22. The second kappa shape index (κ2) is 7.43. The van der Waals surface area contributed by atoms with Crippen LogP contribution in [0.25, 0.3) is 0 Å². The van der Waals surface area contributed by atoms with Gasteiger partial charge in [0.1, 0.15) is 5.78 Å². The average molecular weight is 220 g/mol. The van der Waals surface area contributed by atoms with Crippen LogP contribution in [0.5, 0.6) is 0 Å². The van der Waals surface area contributed by atoms with Gasteiger partial charge < -0.3 is 0 Å². The van der Waals surface area contributed by atoms with Crippen LogP contribution in [0.2, 0.25) is 0 Å². The molecule has 0 fully saturated rings. The van der Waals surface area contributed by atoms with E-state index in [0.717, 1.165) is 19.3 Å². The molecule has 2 atom stereocenters. The minimum Gasteiger partial charge on any atom is -0.300 e. The minimum atomic E-state index is 0.229. The summed E-state index contributed by atoms with van der Waals surface area (Å²) in [5, 5.41) is 0. The van der Waals surface area contributed by atoms with E-state index < -0.39 is 0 Å². The number of unbranched alkanes of at least 4 members (excludes halogenated alkanes) is 3. The van der Waals surface area contributed by atoms with Crippen molar-refractivity contribution in [3.63, 3.8) is 0 Å². The summed E-state index contributed by atoms with van der Waals surface area (Å²) in [4.78, 5) is 11.5. The second-order valence-electron chi connectivity index (χ2n) is 4.72.